The van der Waals surface area contributed by atoms with E-state index in [1.807, 2.05) is 24.3 Å². The van der Waals surface area contributed by atoms with E-state index in [-0.39, 0.29) is 12.2 Å². The fraction of sp³-hybridized carbons (Fsp3) is 0.450. The van der Waals surface area contributed by atoms with E-state index in [0.29, 0.717) is 6.04 Å². The Kier molecular flexibility index (Phi) is 4.85. The molecule has 2 heterocycles. The summed E-state index contributed by atoms with van der Waals surface area (Å²) in [5.74, 6) is 1.72. The molecule has 4 rings (SSSR count). The number of aromatic nitrogens is 1. The highest BCUT2D eigenvalue weighted by Crippen LogP contribution is 2.33. The third-order valence-corrected chi connectivity index (χ3v) is 5.12. The van der Waals surface area contributed by atoms with Crippen molar-refractivity contribution in [2.45, 2.75) is 37.6 Å². The SMILES string of the molecule is COc1ccc(CN2CCO[C@H]3[C@H](Oc4cccnc4)CC[C@@H]32)cc1. The maximum atomic E-state index is 6.14. The molecule has 1 aromatic carbocycles. The normalized spacial score (nSPS) is 26.2. The van der Waals surface area contributed by atoms with Crippen LogP contribution in [-0.4, -0.2) is 48.4 Å². The molecule has 5 nitrogen and oxygen atoms in total. The summed E-state index contributed by atoms with van der Waals surface area (Å²) in [5, 5.41) is 0. The van der Waals surface area contributed by atoms with Crippen LogP contribution in [0.3, 0.4) is 0 Å². The fourth-order valence-electron chi connectivity index (χ4n) is 3.87. The smallest absolute Gasteiger partial charge is 0.138 e. The Morgan fingerprint density at radius 1 is 1.16 bits per heavy atom. The Morgan fingerprint density at radius 3 is 2.80 bits per heavy atom. The third-order valence-electron chi connectivity index (χ3n) is 5.12. The Balaban J connectivity index is 1.42. The van der Waals surface area contributed by atoms with Gasteiger partial charge in [-0.1, -0.05) is 12.1 Å². The largest absolute Gasteiger partial charge is 0.497 e. The van der Waals surface area contributed by atoms with Crippen LogP contribution in [0.2, 0.25) is 0 Å². The summed E-state index contributed by atoms with van der Waals surface area (Å²) < 4.78 is 17.5. The number of methoxy groups -OCH3 is 1. The number of nitrogens with zero attached hydrogens (tertiary/aromatic N) is 2. The van der Waals surface area contributed by atoms with E-state index < -0.39 is 0 Å². The Labute approximate surface area is 148 Å². The molecule has 1 saturated heterocycles. The number of rotatable bonds is 5. The van der Waals surface area contributed by atoms with Gasteiger partial charge in [-0.05, 0) is 42.7 Å². The Hall–Kier alpha value is -2.11. The summed E-state index contributed by atoms with van der Waals surface area (Å²) in [5.41, 5.74) is 1.30. The lowest BCUT2D eigenvalue weighted by Crippen LogP contribution is -2.51. The van der Waals surface area contributed by atoms with Crippen LogP contribution in [-0.2, 0) is 11.3 Å². The molecule has 25 heavy (non-hydrogen) atoms. The van der Waals surface area contributed by atoms with Gasteiger partial charge < -0.3 is 14.2 Å². The summed E-state index contributed by atoms with van der Waals surface area (Å²) >= 11 is 0. The number of hydrogen-bond acceptors (Lipinski definition) is 5. The molecule has 0 radical (unpaired) electrons. The lowest BCUT2D eigenvalue weighted by Gasteiger charge is -2.39. The summed E-state index contributed by atoms with van der Waals surface area (Å²) in [6.45, 7) is 2.66. The topological polar surface area (TPSA) is 43.8 Å². The third kappa shape index (κ3) is 3.62. The zero-order valence-electron chi connectivity index (χ0n) is 14.5. The highest BCUT2D eigenvalue weighted by molar-refractivity contribution is 5.27. The molecule has 0 amide bonds. The van der Waals surface area contributed by atoms with Crippen molar-refractivity contribution in [1.82, 2.24) is 9.88 Å². The predicted molar refractivity (Wildman–Crippen MR) is 94.8 cm³/mol. The van der Waals surface area contributed by atoms with Crippen molar-refractivity contribution >= 4 is 0 Å². The quantitative estimate of drug-likeness (QED) is 0.837. The van der Waals surface area contributed by atoms with Crippen molar-refractivity contribution in [3.05, 3.63) is 54.4 Å². The molecule has 0 bridgehead atoms. The van der Waals surface area contributed by atoms with Crippen molar-refractivity contribution in [3.8, 4) is 11.5 Å². The van der Waals surface area contributed by atoms with Crippen molar-refractivity contribution in [3.63, 3.8) is 0 Å². The molecule has 1 aliphatic heterocycles. The van der Waals surface area contributed by atoms with Gasteiger partial charge in [0.05, 0.1) is 19.9 Å². The van der Waals surface area contributed by atoms with E-state index in [1.54, 1.807) is 19.5 Å². The first kappa shape index (κ1) is 16.4. The zero-order chi connectivity index (χ0) is 17.1. The van der Waals surface area contributed by atoms with Crippen molar-refractivity contribution in [2.24, 2.45) is 0 Å². The van der Waals surface area contributed by atoms with E-state index in [9.17, 15) is 0 Å². The van der Waals surface area contributed by atoms with Gasteiger partial charge >= 0.3 is 0 Å². The minimum absolute atomic E-state index is 0.105. The van der Waals surface area contributed by atoms with Crippen LogP contribution in [0.1, 0.15) is 18.4 Å². The Bertz CT molecular complexity index is 677. The minimum atomic E-state index is 0.105. The molecule has 5 heteroatoms. The molecule has 0 unspecified atom stereocenters. The molecule has 2 aromatic rings. The molecule has 132 valence electrons. The highest BCUT2D eigenvalue weighted by Gasteiger charge is 2.44. The van der Waals surface area contributed by atoms with Gasteiger partial charge in [-0.15, -0.1) is 0 Å². The lowest BCUT2D eigenvalue weighted by molar-refractivity contribution is -0.0916. The van der Waals surface area contributed by atoms with Crippen LogP contribution in [0, 0.1) is 0 Å². The first-order valence-corrected chi connectivity index (χ1v) is 8.89. The van der Waals surface area contributed by atoms with Crippen LogP contribution in [0.5, 0.6) is 11.5 Å². The molecule has 2 fully saturated rings. The standard InChI is InChI=1S/C20H24N2O3/c1-23-16-6-4-15(5-7-16)14-22-11-12-24-20-18(22)8-9-19(20)25-17-3-2-10-21-13-17/h2-7,10,13,18-20H,8-9,11-12,14H2,1H3/t18-,19+,20+/m0/s1. The van der Waals surface area contributed by atoms with Crippen LogP contribution in [0.25, 0.3) is 0 Å². The molecule has 1 saturated carbocycles. The Morgan fingerprint density at radius 2 is 2.04 bits per heavy atom. The average molecular weight is 340 g/mol. The second kappa shape index (κ2) is 7.42. The summed E-state index contributed by atoms with van der Waals surface area (Å²) in [4.78, 5) is 6.66. The minimum Gasteiger partial charge on any atom is -0.497 e. The lowest BCUT2D eigenvalue weighted by atomic mass is 10.1. The monoisotopic (exact) mass is 340 g/mol. The van der Waals surface area contributed by atoms with E-state index >= 15 is 0 Å². The second-order valence-electron chi connectivity index (χ2n) is 6.64. The molecular weight excluding hydrogens is 316 g/mol. The summed E-state index contributed by atoms with van der Waals surface area (Å²) in [6.07, 6.45) is 5.89. The maximum Gasteiger partial charge on any atom is 0.138 e. The van der Waals surface area contributed by atoms with E-state index in [4.69, 9.17) is 14.2 Å². The van der Waals surface area contributed by atoms with Gasteiger partial charge in [0.25, 0.3) is 0 Å². The van der Waals surface area contributed by atoms with Gasteiger partial charge in [0.1, 0.15) is 23.7 Å². The molecule has 0 spiro atoms. The fourth-order valence-corrected chi connectivity index (χ4v) is 3.87. The predicted octanol–water partition coefficient (Wildman–Crippen LogP) is 2.90. The van der Waals surface area contributed by atoms with Crippen LogP contribution < -0.4 is 9.47 Å². The average Bonchev–Trinajstić information content (AvgIpc) is 3.07. The number of morpholine rings is 1. The second-order valence-corrected chi connectivity index (χ2v) is 6.64. The van der Waals surface area contributed by atoms with Crippen molar-refractivity contribution in [2.75, 3.05) is 20.3 Å². The van der Waals surface area contributed by atoms with Crippen LogP contribution in [0.4, 0.5) is 0 Å². The number of benzene rings is 1. The molecule has 3 atom stereocenters. The number of fused-ring (bicyclic) bond motifs is 1. The first-order valence-electron chi connectivity index (χ1n) is 8.89. The van der Waals surface area contributed by atoms with Gasteiger partial charge in [-0.3, -0.25) is 9.88 Å². The van der Waals surface area contributed by atoms with Gasteiger partial charge in [0.2, 0.25) is 0 Å². The van der Waals surface area contributed by atoms with E-state index in [2.05, 4.69) is 22.0 Å². The van der Waals surface area contributed by atoms with Gasteiger partial charge in [-0.25, -0.2) is 0 Å². The number of ether oxygens (including phenoxy) is 3. The van der Waals surface area contributed by atoms with Gasteiger partial charge in [-0.2, -0.15) is 0 Å². The molecule has 1 aliphatic carbocycles. The summed E-state index contributed by atoms with van der Waals surface area (Å²) in [7, 11) is 1.70. The highest BCUT2D eigenvalue weighted by atomic mass is 16.5. The summed E-state index contributed by atoms with van der Waals surface area (Å²) in [6, 6.07) is 12.6. The molecular formula is C20H24N2O3. The maximum absolute atomic E-state index is 6.14. The van der Waals surface area contributed by atoms with E-state index in [0.717, 1.165) is 44.0 Å². The van der Waals surface area contributed by atoms with E-state index in [1.165, 1.54) is 5.56 Å². The first-order chi connectivity index (χ1) is 12.3. The van der Waals surface area contributed by atoms with Gasteiger partial charge in [0.15, 0.2) is 0 Å². The number of hydrogen-bond donors (Lipinski definition) is 0. The van der Waals surface area contributed by atoms with Crippen LogP contribution in [0.15, 0.2) is 48.8 Å². The number of pyridine rings is 1. The van der Waals surface area contributed by atoms with Crippen LogP contribution >= 0.6 is 0 Å². The van der Waals surface area contributed by atoms with Gasteiger partial charge in [0, 0.05) is 25.3 Å². The molecule has 2 aliphatic rings. The molecule has 1 aromatic heterocycles. The van der Waals surface area contributed by atoms with Crippen molar-refractivity contribution < 1.29 is 14.2 Å². The van der Waals surface area contributed by atoms with Crippen molar-refractivity contribution in [1.29, 1.82) is 0 Å². The molecule has 0 N–H and O–H groups in total. The zero-order valence-corrected chi connectivity index (χ0v) is 14.5.